The Kier molecular flexibility index (Phi) is 2.91. The third kappa shape index (κ3) is 2.30. The second-order valence-corrected chi connectivity index (χ2v) is 8.01. The van der Waals surface area contributed by atoms with Gasteiger partial charge in [-0.2, -0.15) is 0 Å². The topological polar surface area (TPSA) is 47.6 Å². The number of carbonyl (C=O) groups is 1. The van der Waals surface area contributed by atoms with Gasteiger partial charge in [0.25, 0.3) is 5.91 Å². The van der Waals surface area contributed by atoms with Gasteiger partial charge in [0, 0.05) is 11.1 Å². The van der Waals surface area contributed by atoms with Crippen LogP contribution in [0, 0.1) is 17.8 Å². The first-order valence-corrected chi connectivity index (χ1v) is 8.91. The molecule has 4 saturated carbocycles. The van der Waals surface area contributed by atoms with Gasteiger partial charge in [-0.1, -0.05) is 0 Å². The Balaban J connectivity index is 1.37. The van der Waals surface area contributed by atoms with E-state index in [-0.39, 0.29) is 11.4 Å². The standard InChI is InChI=1S/C19H23NO3/c21-18(15-1-2-16-17(8-15)23-4-3-22-16)20-19-9-12-5-13(10-19)7-14(6-12)11-19/h1-2,8,12-14H,3-7,9-11H2,(H,20,21). The van der Waals surface area contributed by atoms with Gasteiger partial charge >= 0.3 is 0 Å². The van der Waals surface area contributed by atoms with E-state index in [2.05, 4.69) is 5.32 Å². The third-order valence-electron chi connectivity index (χ3n) is 6.22. The SMILES string of the molecule is O=C(NC12CC3CC(CC(C3)C1)C2)c1ccc2c(c1)OCCO2. The van der Waals surface area contributed by atoms with Crippen LogP contribution in [0.2, 0.25) is 0 Å². The smallest absolute Gasteiger partial charge is 0.251 e. The molecule has 4 heteroatoms. The number of amides is 1. The average Bonchev–Trinajstić information content (AvgIpc) is 2.52. The van der Waals surface area contributed by atoms with Crippen LogP contribution in [-0.2, 0) is 0 Å². The fourth-order valence-electron chi connectivity index (χ4n) is 5.76. The highest BCUT2D eigenvalue weighted by Crippen LogP contribution is 2.55. The second-order valence-electron chi connectivity index (χ2n) is 8.01. The van der Waals surface area contributed by atoms with Crippen LogP contribution in [0.3, 0.4) is 0 Å². The molecule has 1 N–H and O–H groups in total. The van der Waals surface area contributed by atoms with Crippen LogP contribution in [0.15, 0.2) is 18.2 Å². The van der Waals surface area contributed by atoms with E-state index in [0.29, 0.717) is 24.5 Å². The van der Waals surface area contributed by atoms with Crippen LogP contribution >= 0.6 is 0 Å². The van der Waals surface area contributed by atoms with Crippen molar-refractivity contribution in [3.05, 3.63) is 23.8 Å². The van der Waals surface area contributed by atoms with Crippen molar-refractivity contribution in [2.45, 2.75) is 44.1 Å². The highest BCUT2D eigenvalue weighted by Gasteiger charge is 2.51. The van der Waals surface area contributed by atoms with E-state index in [4.69, 9.17) is 9.47 Å². The normalized spacial score (nSPS) is 36.8. The Bertz CT molecular complexity index is 619. The molecule has 1 amide bonds. The van der Waals surface area contributed by atoms with Gasteiger partial charge in [-0.05, 0) is 74.5 Å². The molecule has 4 nitrogen and oxygen atoms in total. The number of hydrogen-bond donors (Lipinski definition) is 1. The van der Waals surface area contributed by atoms with Gasteiger partial charge in [0.15, 0.2) is 11.5 Å². The first-order valence-electron chi connectivity index (χ1n) is 8.91. The van der Waals surface area contributed by atoms with Crippen LogP contribution in [0.5, 0.6) is 11.5 Å². The zero-order chi connectivity index (χ0) is 15.4. The maximum Gasteiger partial charge on any atom is 0.251 e. The number of carbonyl (C=O) groups excluding carboxylic acids is 1. The number of fused-ring (bicyclic) bond motifs is 1. The Morgan fingerprint density at radius 3 is 2.22 bits per heavy atom. The fraction of sp³-hybridized carbons (Fsp3) is 0.632. The van der Waals surface area contributed by atoms with Crippen LogP contribution in [-0.4, -0.2) is 24.7 Å². The Hall–Kier alpha value is -1.71. The average molecular weight is 313 g/mol. The summed E-state index contributed by atoms with van der Waals surface area (Å²) in [5, 5.41) is 3.41. The van der Waals surface area contributed by atoms with E-state index < -0.39 is 0 Å². The molecule has 1 heterocycles. The Labute approximate surface area is 136 Å². The maximum absolute atomic E-state index is 12.8. The molecule has 5 aliphatic rings. The molecule has 23 heavy (non-hydrogen) atoms. The van der Waals surface area contributed by atoms with Crippen molar-refractivity contribution >= 4 is 5.91 Å². The predicted molar refractivity (Wildman–Crippen MR) is 85.8 cm³/mol. The van der Waals surface area contributed by atoms with Crippen LogP contribution in [0.1, 0.15) is 48.9 Å². The number of nitrogens with one attached hydrogen (secondary N) is 1. The zero-order valence-corrected chi connectivity index (χ0v) is 13.3. The number of benzene rings is 1. The molecular formula is C19H23NO3. The quantitative estimate of drug-likeness (QED) is 0.912. The first-order chi connectivity index (χ1) is 11.2. The van der Waals surface area contributed by atoms with E-state index in [1.54, 1.807) is 0 Å². The lowest BCUT2D eigenvalue weighted by atomic mass is 9.53. The van der Waals surface area contributed by atoms with Gasteiger partial charge in [-0.3, -0.25) is 4.79 Å². The molecule has 6 rings (SSSR count). The van der Waals surface area contributed by atoms with Gasteiger partial charge in [-0.25, -0.2) is 0 Å². The van der Waals surface area contributed by atoms with Crippen molar-refractivity contribution in [2.75, 3.05) is 13.2 Å². The largest absolute Gasteiger partial charge is 0.486 e. The lowest BCUT2D eigenvalue weighted by Crippen LogP contribution is -2.59. The minimum absolute atomic E-state index is 0.0453. The molecule has 0 aromatic heterocycles. The Morgan fingerprint density at radius 2 is 1.57 bits per heavy atom. The summed E-state index contributed by atoms with van der Waals surface area (Å²) < 4.78 is 11.1. The molecule has 1 aliphatic heterocycles. The minimum Gasteiger partial charge on any atom is -0.486 e. The van der Waals surface area contributed by atoms with E-state index in [1.807, 2.05) is 18.2 Å². The van der Waals surface area contributed by atoms with Crippen molar-refractivity contribution in [2.24, 2.45) is 17.8 Å². The highest BCUT2D eigenvalue weighted by molar-refractivity contribution is 5.95. The molecule has 122 valence electrons. The summed E-state index contributed by atoms with van der Waals surface area (Å²) in [5.74, 6) is 3.98. The first kappa shape index (κ1) is 13.7. The van der Waals surface area contributed by atoms with E-state index in [1.165, 1.54) is 38.5 Å². The lowest BCUT2D eigenvalue weighted by Gasteiger charge is -2.56. The fourth-order valence-corrected chi connectivity index (χ4v) is 5.76. The molecule has 4 bridgehead atoms. The van der Waals surface area contributed by atoms with Crippen molar-refractivity contribution < 1.29 is 14.3 Å². The van der Waals surface area contributed by atoms with Gasteiger partial charge in [0.2, 0.25) is 0 Å². The third-order valence-corrected chi connectivity index (χ3v) is 6.22. The van der Waals surface area contributed by atoms with Crippen molar-refractivity contribution in [1.29, 1.82) is 0 Å². The molecule has 0 unspecified atom stereocenters. The van der Waals surface area contributed by atoms with E-state index in [9.17, 15) is 4.79 Å². The molecule has 0 spiro atoms. The molecule has 4 fully saturated rings. The van der Waals surface area contributed by atoms with Crippen LogP contribution in [0.4, 0.5) is 0 Å². The number of ether oxygens (including phenoxy) is 2. The van der Waals surface area contributed by atoms with Crippen molar-refractivity contribution in [3.8, 4) is 11.5 Å². The molecule has 4 aliphatic carbocycles. The number of hydrogen-bond acceptors (Lipinski definition) is 3. The Morgan fingerprint density at radius 1 is 0.957 bits per heavy atom. The van der Waals surface area contributed by atoms with Crippen LogP contribution < -0.4 is 14.8 Å². The van der Waals surface area contributed by atoms with Crippen molar-refractivity contribution in [3.63, 3.8) is 0 Å². The molecule has 0 radical (unpaired) electrons. The maximum atomic E-state index is 12.8. The molecule has 1 aromatic rings. The summed E-state index contributed by atoms with van der Waals surface area (Å²) in [6.07, 6.45) is 7.69. The minimum atomic E-state index is 0.0453. The predicted octanol–water partition coefficient (Wildman–Crippen LogP) is 3.16. The monoisotopic (exact) mass is 313 g/mol. The van der Waals surface area contributed by atoms with Crippen LogP contribution in [0.25, 0.3) is 0 Å². The van der Waals surface area contributed by atoms with Gasteiger partial charge in [-0.15, -0.1) is 0 Å². The summed E-state index contributed by atoms with van der Waals surface area (Å²) >= 11 is 0. The number of rotatable bonds is 2. The summed E-state index contributed by atoms with van der Waals surface area (Å²) in [4.78, 5) is 12.8. The van der Waals surface area contributed by atoms with E-state index >= 15 is 0 Å². The van der Waals surface area contributed by atoms with Gasteiger partial charge < -0.3 is 14.8 Å². The van der Waals surface area contributed by atoms with E-state index in [0.717, 1.165) is 23.5 Å². The summed E-state index contributed by atoms with van der Waals surface area (Å²) in [6.45, 7) is 1.12. The summed E-state index contributed by atoms with van der Waals surface area (Å²) in [7, 11) is 0. The van der Waals surface area contributed by atoms with Gasteiger partial charge in [0.05, 0.1) is 0 Å². The zero-order valence-electron chi connectivity index (χ0n) is 13.3. The summed E-state index contributed by atoms with van der Waals surface area (Å²) in [6, 6.07) is 5.52. The van der Waals surface area contributed by atoms with Gasteiger partial charge in [0.1, 0.15) is 13.2 Å². The molecular weight excluding hydrogens is 290 g/mol. The second kappa shape index (κ2) is 4.89. The lowest BCUT2D eigenvalue weighted by molar-refractivity contribution is -0.0167. The summed E-state index contributed by atoms with van der Waals surface area (Å²) in [5.41, 5.74) is 0.740. The molecule has 0 saturated heterocycles. The molecule has 0 atom stereocenters. The highest BCUT2D eigenvalue weighted by atomic mass is 16.6. The molecule has 1 aromatic carbocycles. The van der Waals surface area contributed by atoms with Crippen molar-refractivity contribution in [1.82, 2.24) is 5.32 Å².